The van der Waals surface area contributed by atoms with Crippen molar-refractivity contribution >= 4 is 33.1 Å². The van der Waals surface area contributed by atoms with E-state index >= 15 is 0 Å². The summed E-state index contributed by atoms with van der Waals surface area (Å²) in [4.78, 5) is 12.2. The van der Waals surface area contributed by atoms with Gasteiger partial charge in [0.05, 0.1) is 23.4 Å². The predicted octanol–water partition coefficient (Wildman–Crippen LogP) is 3.66. The molecule has 0 bridgehead atoms. The number of furan rings is 1. The summed E-state index contributed by atoms with van der Waals surface area (Å²) < 4.78 is 37.4. The third-order valence-corrected chi connectivity index (χ3v) is 5.76. The molecule has 3 aromatic rings. The lowest BCUT2D eigenvalue weighted by atomic mass is 10.3. The Labute approximate surface area is 154 Å². The fraction of sp³-hybridized carbons (Fsp3) is 0.118. The van der Waals surface area contributed by atoms with E-state index in [9.17, 15) is 13.2 Å². The molecule has 0 aliphatic heterocycles. The van der Waals surface area contributed by atoms with Gasteiger partial charge in [0.1, 0.15) is 11.5 Å². The second-order valence-electron chi connectivity index (χ2n) is 5.21. The van der Waals surface area contributed by atoms with Gasteiger partial charge < -0.3 is 9.15 Å². The van der Waals surface area contributed by atoms with Gasteiger partial charge >= 0.3 is 6.09 Å². The third kappa shape index (κ3) is 4.31. The molecule has 0 saturated carbocycles. The van der Waals surface area contributed by atoms with Crippen LogP contribution < -0.4 is 10.0 Å². The smallest absolute Gasteiger partial charge is 0.411 e. The number of carbonyl (C=O) groups excluding carboxylic acids is 1. The molecule has 1 amide bonds. The van der Waals surface area contributed by atoms with Crippen LogP contribution in [0.5, 0.6) is 0 Å². The summed E-state index contributed by atoms with van der Waals surface area (Å²) in [7, 11) is -2.46. The van der Waals surface area contributed by atoms with Crippen LogP contribution in [-0.2, 0) is 21.3 Å². The molecular weight excluding hydrogens is 376 g/mol. The van der Waals surface area contributed by atoms with Crippen molar-refractivity contribution in [3.63, 3.8) is 0 Å². The molecule has 0 aliphatic rings. The van der Waals surface area contributed by atoms with E-state index in [2.05, 4.69) is 14.8 Å². The number of amides is 1. The zero-order valence-electron chi connectivity index (χ0n) is 13.8. The van der Waals surface area contributed by atoms with E-state index in [1.165, 1.54) is 31.4 Å². The first kappa shape index (κ1) is 18.2. The Morgan fingerprint density at radius 1 is 1.15 bits per heavy atom. The van der Waals surface area contributed by atoms with Gasteiger partial charge in [-0.25, -0.2) is 17.9 Å². The lowest BCUT2D eigenvalue weighted by molar-refractivity contribution is 0.187. The van der Waals surface area contributed by atoms with Crippen molar-refractivity contribution < 1.29 is 22.4 Å². The minimum absolute atomic E-state index is 0.0376. The fourth-order valence-electron chi connectivity index (χ4n) is 2.16. The van der Waals surface area contributed by atoms with Gasteiger partial charge in [-0.15, -0.1) is 11.3 Å². The van der Waals surface area contributed by atoms with Crippen LogP contribution in [0, 0.1) is 0 Å². The molecule has 3 rings (SSSR count). The second-order valence-corrected chi connectivity index (χ2v) is 7.92. The average molecular weight is 392 g/mol. The number of nitrogens with one attached hydrogen (secondary N) is 2. The molecule has 0 aliphatic carbocycles. The number of rotatable bonds is 6. The van der Waals surface area contributed by atoms with Gasteiger partial charge in [0.15, 0.2) is 0 Å². The number of ether oxygens (including phenoxy) is 1. The number of hydrogen-bond acceptors (Lipinski definition) is 6. The summed E-state index contributed by atoms with van der Waals surface area (Å²) in [6.07, 6.45) is -0.627. The Balaban J connectivity index is 1.64. The maximum atomic E-state index is 12.4. The maximum Gasteiger partial charge on any atom is 0.411 e. The van der Waals surface area contributed by atoms with Gasteiger partial charge in [-0.05, 0) is 47.8 Å². The first-order chi connectivity index (χ1) is 12.5. The van der Waals surface area contributed by atoms with Crippen LogP contribution in [0.2, 0.25) is 0 Å². The van der Waals surface area contributed by atoms with Crippen molar-refractivity contribution in [2.45, 2.75) is 11.4 Å². The first-order valence-electron chi connectivity index (χ1n) is 7.55. The normalized spacial score (nSPS) is 11.3. The monoisotopic (exact) mass is 392 g/mol. The van der Waals surface area contributed by atoms with Crippen molar-refractivity contribution in [1.29, 1.82) is 0 Å². The molecule has 2 N–H and O–H groups in total. The van der Waals surface area contributed by atoms with Crippen molar-refractivity contribution in [2.24, 2.45) is 0 Å². The highest BCUT2D eigenvalue weighted by molar-refractivity contribution is 7.89. The van der Waals surface area contributed by atoms with Crippen molar-refractivity contribution in [3.8, 4) is 10.6 Å². The molecule has 0 fully saturated rings. The minimum Gasteiger partial charge on any atom is -0.459 e. The molecule has 0 atom stereocenters. The Morgan fingerprint density at radius 3 is 2.58 bits per heavy atom. The molecule has 2 heterocycles. The van der Waals surface area contributed by atoms with E-state index in [-0.39, 0.29) is 11.4 Å². The summed E-state index contributed by atoms with van der Waals surface area (Å²) in [5, 5.41) is 4.40. The Morgan fingerprint density at radius 2 is 1.92 bits per heavy atom. The van der Waals surface area contributed by atoms with E-state index in [0.717, 1.165) is 4.88 Å². The fourth-order valence-corrected chi connectivity index (χ4v) is 3.84. The number of thiophene rings is 1. The summed E-state index contributed by atoms with van der Waals surface area (Å²) in [6.45, 7) is 0.0376. The van der Waals surface area contributed by atoms with Gasteiger partial charge in [-0.1, -0.05) is 6.07 Å². The Hall–Kier alpha value is -2.62. The predicted molar refractivity (Wildman–Crippen MR) is 98.5 cm³/mol. The van der Waals surface area contributed by atoms with Crippen LogP contribution in [0.15, 0.2) is 63.2 Å². The largest absolute Gasteiger partial charge is 0.459 e. The second kappa shape index (κ2) is 7.73. The first-order valence-corrected chi connectivity index (χ1v) is 9.91. The lowest BCUT2D eigenvalue weighted by Crippen LogP contribution is -2.23. The summed E-state index contributed by atoms with van der Waals surface area (Å²) >= 11 is 1.55. The van der Waals surface area contributed by atoms with E-state index in [4.69, 9.17) is 4.42 Å². The molecule has 2 aromatic heterocycles. The molecular formula is C17H16N2O5S2. The van der Waals surface area contributed by atoms with E-state index < -0.39 is 16.1 Å². The molecule has 0 saturated heterocycles. The number of sulfonamides is 1. The average Bonchev–Trinajstić information content (AvgIpc) is 3.32. The highest BCUT2D eigenvalue weighted by Crippen LogP contribution is 2.26. The number of methoxy groups -OCH3 is 1. The highest BCUT2D eigenvalue weighted by Gasteiger charge is 2.15. The van der Waals surface area contributed by atoms with Crippen molar-refractivity contribution in [1.82, 2.24) is 4.72 Å². The summed E-state index contributed by atoms with van der Waals surface area (Å²) in [5.74, 6) is 1.22. The maximum absolute atomic E-state index is 12.4. The van der Waals surface area contributed by atoms with Crippen LogP contribution in [0.1, 0.15) is 5.76 Å². The number of benzene rings is 1. The number of carbonyl (C=O) groups is 1. The topological polar surface area (TPSA) is 97.6 Å². The zero-order valence-corrected chi connectivity index (χ0v) is 15.4. The van der Waals surface area contributed by atoms with Crippen LogP contribution in [0.4, 0.5) is 10.5 Å². The van der Waals surface area contributed by atoms with E-state index in [1.807, 2.05) is 23.6 Å². The Bertz CT molecular complexity index is 977. The van der Waals surface area contributed by atoms with Crippen LogP contribution in [0.25, 0.3) is 10.6 Å². The highest BCUT2D eigenvalue weighted by atomic mass is 32.2. The zero-order chi connectivity index (χ0) is 18.6. The molecule has 1 aromatic carbocycles. The van der Waals surface area contributed by atoms with Gasteiger partial charge in [0, 0.05) is 5.69 Å². The third-order valence-electron chi connectivity index (χ3n) is 3.46. The van der Waals surface area contributed by atoms with Gasteiger partial charge in [0.25, 0.3) is 0 Å². The van der Waals surface area contributed by atoms with Crippen LogP contribution >= 0.6 is 11.3 Å². The molecule has 0 radical (unpaired) electrons. The van der Waals surface area contributed by atoms with Gasteiger partial charge in [0.2, 0.25) is 10.0 Å². The van der Waals surface area contributed by atoms with Crippen LogP contribution in [-0.4, -0.2) is 21.6 Å². The molecule has 0 spiro atoms. The van der Waals surface area contributed by atoms with Gasteiger partial charge in [-0.3, -0.25) is 5.32 Å². The van der Waals surface area contributed by atoms with Crippen molar-refractivity contribution in [3.05, 3.63) is 59.7 Å². The van der Waals surface area contributed by atoms with Gasteiger partial charge in [-0.2, -0.15) is 0 Å². The molecule has 9 heteroatoms. The summed E-state index contributed by atoms with van der Waals surface area (Å²) in [5.41, 5.74) is 0.433. The quantitative estimate of drug-likeness (QED) is 0.667. The molecule has 136 valence electrons. The SMILES string of the molecule is COC(=O)Nc1ccc(S(=O)(=O)NCc2ccc(-c3cccs3)o2)cc1. The lowest BCUT2D eigenvalue weighted by Gasteiger charge is -2.07. The summed E-state index contributed by atoms with van der Waals surface area (Å²) in [6, 6.07) is 13.1. The van der Waals surface area contributed by atoms with Crippen LogP contribution in [0.3, 0.4) is 0 Å². The minimum atomic E-state index is -3.71. The van der Waals surface area contributed by atoms with E-state index in [0.29, 0.717) is 17.2 Å². The molecule has 26 heavy (non-hydrogen) atoms. The standard InChI is InChI=1S/C17H16N2O5S2/c1-23-17(20)19-12-4-7-14(8-5-12)26(21,22)18-11-13-6-9-15(24-13)16-3-2-10-25-16/h2-10,18H,11H2,1H3,(H,19,20). The number of anilines is 1. The van der Waals surface area contributed by atoms with E-state index in [1.54, 1.807) is 17.4 Å². The number of hydrogen-bond donors (Lipinski definition) is 2. The Kier molecular flexibility index (Phi) is 5.40. The van der Waals surface area contributed by atoms with Crippen molar-refractivity contribution in [2.75, 3.05) is 12.4 Å². The molecule has 0 unspecified atom stereocenters. The molecule has 7 nitrogen and oxygen atoms in total.